The number of carbonyl (C=O) groups excluding carboxylic acids is 3. The van der Waals surface area contributed by atoms with Gasteiger partial charge >= 0.3 is 6.03 Å². The average Bonchev–Trinajstić information content (AvgIpc) is 0.751. The van der Waals surface area contributed by atoms with Crippen molar-refractivity contribution in [2.45, 2.75) is 80.7 Å². The van der Waals surface area contributed by atoms with E-state index in [0.717, 1.165) is 36.4 Å². The van der Waals surface area contributed by atoms with E-state index in [2.05, 4.69) is 21.3 Å². The van der Waals surface area contributed by atoms with Crippen LogP contribution in [0.2, 0.25) is 0 Å². The van der Waals surface area contributed by atoms with Gasteiger partial charge in [0.2, 0.25) is 0 Å². The number of urea groups is 1. The lowest BCUT2D eigenvalue weighted by molar-refractivity contribution is 0.101. The molecule has 8 aromatic carbocycles. The third kappa shape index (κ3) is 14.7. The molecule has 488 valence electrons. The van der Waals surface area contributed by atoms with Gasteiger partial charge in [0.15, 0.2) is 0 Å². The van der Waals surface area contributed by atoms with Crippen LogP contribution in [0.5, 0.6) is 0 Å². The fourth-order valence-corrected chi connectivity index (χ4v) is 16.1. The van der Waals surface area contributed by atoms with E-state index < -0.39 is 159 Å². The third-order valence-corrected chi connectivity index (χ3v) is 22.0. The van der Waals surface area contributed by atoms with E-state index in [1.165, 1.54) is 90.1 Å². The van der Waals surface area contributed by atoms with Gasteiger partial charge in [-0.1, -0.05) is 24.3 Å². The van der Waals surface area contributed by atoms with Gasteiger partial charge in [-0.2, -0.15) is 50.5 Å². The minimum absolute atomic E-state index is 0.0106. The number of fused-ring (bicyclic) bond motifs is 2. The standard InChI is InChI=1S/C53H48N6O25S8/c1-25-7-9-31(54-39-11-13-43(89(73,74)75)37-19-33(87(67,68)69)21-47(49(37)39)91(79,80)81)17-35(25)51(60)56-41-23-45(29(5)15-27(41)3)85(63,64)58-53(62)59-86(65,66)46-24-42(28(4)16-30(46)6)57-52(61)36-18-32(10-8-26(36)2)55-40-12-14-44(90(76,77)78)38-20-34(88(70,71)72)22-48(50(38)40)92(82,83)84/h7-24,54-55H,1-6H3,(H,56,60)(H,57,61)(H2,58,59,62)(H,67,68,69)(H,70,71,72)(H,73,74,75)(H,76,77,78)(H,79,80,81)(H,82,83,84). The summed E-state index contributed by atoms with van der Waals surface area (Å²) in [6.07, 6.45) is 0. The predicted octanol–water partition coefficient (Wildman–Crippen LogP) is 6.69. The quantitative estimate of drug-likeness (QED) is 0.0398. The van der Waals surface area contributed by atoms with Gasteiger partial charge < -0.3 is 21.3 Å². The van der Waals surface area contributed by atoms with E-state index in [1.54, 1.807) is 9.44 Å². The summed E-state index contributed by atoms with van der Waals surface area (Å²) < 4.78 is 267. The molecule has 0 fully saturated rings. The molecule has 0 aliphatic carbocycles. The third-order valence-electron chi connectivity index (χ3n) is 13.8. The summed E-state index contributed by atoms with van der Waals surface area (Å²) in [5.41, 5.74) is -0.319. The van der Waals surface area contributed by atoms with Gasteiger partial charge in [0.1, 0.15) is 19.6 Å². The Bertz CT molecular complexity index is 5230. The Morgan fingerprint density at radius 1 is 0.315 bits per heavy atom. The first-order valence-electron chi connectivity index (χ1n) is 25.3. The normalized spacial score (nSPS) is 12.7. The molecule has 0 aromatic heterocycles. The summed E-state index contributed by atoms with van der Waals surface area (Å²) in [5.74, 6) is -1.82. The molecule has 0 aliphatic heterocycles. The fraction of sp³-hybridized carbons (Fsp3) is 0.113. The van der Waals surface area contributed by atoms with Crippen LogP contribution in [-0.2, 0) is 80.8 Å². The lowest BCUT2D eigenvalue weighted by Crippen LogP contribution is -2.42. The number of carbonyl (C=O) groups is 3. The van der Waals surface area contributed by atoms with Crippen molar-refractivity contribution in [2.75, 3.05) is 21.3 Å². The van der Waals surface area contributed by atoms with Crippen LogP contribution in [0.3, 0.4) is 0 Å². The summed E-state index contributed by atoms with van der Waals surface area (Å²) in [5, 5.41) is 7.61. The number of aryl methyl sites for hydroxylation is 6. The van der Waals surface area contributed by atoms with Gasteiger partial charge in [0.05, 0.1) is 19.6 Å². The zero-order valence-electron chi connectivity index (χ0n) is 47.6. The van der Waals surface area contributed by atoms with Gasteiger partial charge in [0, 0.05) is 66.8 Å². The molecule has 0 heterocycles. The second-order valence-corrected chi connectivity index (χ2v) is 32.1. The predicted molar refractivity (Wildman–Crippen MR) is 329 cm³/mol. The van der Waals surface area contributed by atoms with Gasteiger partial charge in [0.25, 0.3) is 92.6 Å². The number of benzene rings is 8. The zero-order chi connectivity index (χ0) is 68.7. The van der Waals surface area contributed by atoms with Crippen LogP contribution in [0.25, 0.3) is 21.5 Å². The molecule has 4 amide bonds. The Labute approximate surface area is 524 Å². The fourth-order valence-electron chi connectivity index (χ4n) is 9.62. The topological polar surface area (TPSA) is 518 Å². The monoisotopic (exact) mass is 1420 g/mol. The number of sulfonamides is 2. The maximum absolute atomic E-state index is 14.0. The van der Waals surface area contributed by atoms with Crippen LogP contribution in [0.1, 0.15) is 54.1 Å². The van der Waals surface area contributed by atoms with Crippen molar-refractivity contribution in [1.82, 2.24) is 9.44 Å². The molecule has 8 rings (SSSR count). The molecule has 0 saturated heterocycles. The van der Waals surface area contributed by atoms with Crippen LogP contribution in [0.4, 0.5) is 38.9 Å². The molecular formula is C53H48N6O25S8. The molecule has 92 heavy (non-hydrogen) atoms. The molecule has 0 radical (unpaired) electrons. The number of rotatable bonds is 18. The lowest BCUT2D eigenvalue weighted by atomic mass is 10.0. The Kier molecular flexibility index (Phi) is 18.2. The Morgan fingerprint density at radius 3 is 0.946 bits per heavy atom. The Hall–Kier alpha value is -8.55. The van der Waals surface area contributed by atoms with Crippen molar-refractivity contribution in [1.29, 1.82) is 0 Å². The molecule has 0 unspecified atom stereocenters. The molecule has 8 aromatic rings. The van der Waals surface area contributed by atoms with Crippen LogP contribution < -0.4 is 30.7 Å². The average molecular weight is 1430 g/mol. The first kappa shape index (κ1) is 69.3. The maximum Gasteiger partial charge on any atom is 0.342 e. The molecule has 31 nitrogen and oxygen atoms in total. The van der Waals surface area contributed by atoms with Crippen LogP contribution >= 0.6 is 0 Å². The summed E-state index contributed by atoms with van der Waals surface area (Å²) in [6.45, 7) is 8.52. The highest BCUT2D eigenvalue weighted by atomic mass is 32.2. The van der Waals surface area contributed by atoms with Gasteiger partial charge in [-0.3, -0.25) is 36.9 Å². The van der Waals surface area contributed by atoms with Crippen LogP contribution in [0.15, 0.2) is 148 Å². The summed E-state index contributed by atoms with van der Waals surface area (Å²) in [7, 11) is -42.0. The van der Waals surface area contributed by atoms with Crippen LogP contribution in [-0.4, -0.2) is 113 Å². The minimum Gasteiger partial charge on any atom is -0.355 e. The zero-order valence-corrected chi connectivity index (χ0v) is 54.1. The summed E-state index contributed by atoms with van der Waals surface area (Å²) in [6, 6.07) is 15.7. The SMILES string of the molecule is Cc1cc(C)c(S(=O)(=O)NC(=O)NS(=O)(=O)c2cc(NC(=O)c3cc(Nc4ccc(S(=O)(=O)O)c5cc(S(=O)(=O)O)cc(S(=O)(=O)O)c45)ccc3C)c(C)cc2C)cc1NC(=O)c1cc(Nc2ccc(S(=O)(=O)O)c3cc(S(=O)(=O)O)cc(S(=O)(=O)O)c23)ccc1C. The lowest BCUT2D eigenvalue weighted by Gasteiger charge is -2.18. The van der Waals surface area contributed by atoms with Crippen molar-refractivity contribution in [3.8, 4) is 0 Å². The molecule has 0 saturated carbocycles. The van der Waals surface area contributed by atoms with E-state index in [0.29, 0.717) is 24.3 Å². The van der Waals surface area contributed by atoms with Gasteiger partial charge in [-0.15, -0.1) is 0 Å². The van der Waals surface area contributed by atoms with Gasteiger partial charge in [-0.25, -0.2) is 31.1 Å². The van der Waals surface area contributed by atoms with Crippen molar-refractivity contribution < 1.29 is 109 Å². The molecule has 39 heteroatoms. The molecule has 0 bridgehead atoms. The number of nitrogens with one attached hydrogen (secondary N) is 6. The highest BCUT2D eigenvalue weighted by molar-refractivity contribution is 7.91. The van der Waals surface area contributed by atoms with Crippen LogP contribution in [0, 0.1) is 41.5 Å². The van der Waals surface area contributed by atoms with E-state index in [1.807, 2.05) is 0 Å². The first-order chi connectivity index (χ1) is 42.1. The molecular weight excluding hydrogens is 1380 g/mol. The Morgan fingerprint density at radius 2 is 0.641 bits per heavy atom. The smallest absolute Gasteiger partial charge is 0.342 e. The highest BCUT2D eigenvalue weighted by Crippen LogP contribution is 2.41. The number of amides is 4. The van der Waals surface area contributed by atoms with E-state index >= 15 is 0 Å². The molecule has 0 spiro atoms. The largest absolute Gasteiger partial charge is 0.355 e. The number of hydrogen-bond donors (Lipinski definition) is 12. The van der Waals surface area contributed by atoms with Gasteiger partial charge in [-0.05, 0) is 160 Å². The van der Waals surface area contributed by atoms with E-state index in [-0.39, 0.29) is 78.6 Å². The summed E-state index contributed by atoms with van der Waals surface area (Å²) in [4.78, 5) is 33.3. The molecule has 0 atom stereocenters. The van der Waals surface area contributed by atoms with Crippen molar-refractivity contribution in [2.24, 2.45) is 0 Å². The number of hydrogen-bond acceptors (Lipinski definition) is 21. The summed E-state index contributed by atoms with van der Waals surface area (Å²) >= 11 is 0. The van der Waals surface area contributed by atoms with E-state index in [9.17, 15) is 109 Å². The second-order valence-electron chi connectivity index (χ2n) is 20.4. The maximum atomic E-state index is 14.0. The molecule has 0 aliphatic rings. The molecule has 12 N–H and O–H groups in total. The van der Waals surface area contributed by atoms with E-state index in [4.69, 9.17) is 0 Å². The Balaban J connectivity index is 1.02. The second kappa shape index (κ2) is 24.2. The highest BCUT2D eigenvalue weighted by Gasteiger charge is 2.31. The van der Waals surface area contributed by atoms with Crippen molar-refractivity contribution >= 4 is 154 Å². The number of anilines is 6. The minimum atomic E-state index is -5.44. The van der Waals surface area contributed by atoms with Crippen molar-refractivity contribution in [3.05, 3.63) is 154 Å². The van der Waals surface area contributed by atoms with Crippen molar-refractivity contribution in [3.63, 3.8) is 0 Å². The first-order valence-corrected chi connectivity index (χ1v) is 36.9.